The first-order valence-corrected chi connectivity index (χ1v) is 8.69. The van der Waals surface area contributed by atoms with E-state index in [1.165, 1.54) is 16.8 Å². The molecule has 2 bridgehead atoms. The second-order valence-corrected chi connectivity index (χ2v) is 6.97. The highest BCUT2D eigenvalue weighted by Gasteiger charge is 2.47. The zero-order valence-electron chi connectivity index (χ0n) is 14.2. The molecule has 2 aromatic carbocycles. The summed E-state index contributed by atoms with van der Waals surface area (Å²) in [4.78, 5) is 15.0. The lowest BCUT2D eigenvalue weighted by molar-refractivity contribution is -0.128. The van der Waals surface area contributed by atoms with Crippen molar-refractivity contribution in [3.63, 3.8) is 0 Å². The van der Waals surface area contributed by atoms with Crippen molar-refractivity contribution in [2.24, 2.45) is 5.92 Å². The molecule has 2 aliphatic heterocycles. The number of hydrogen-bond acceptors (Lipinski definition) is 3. The zero-order chi connectivity index (χ0) is 16.7. The van der Waals surface area contributed by atoms with E-state index in [2.05, 4.69) is 48.2 Å². The molecule has 3 heteroatoms. The third kappa shape index (κ3) is 2.48. The topological polar surface area (TPSA) is 29.5 Å². The predicted molar refractivity (Wildman–Crippen MR) is 95.5 cm³/mol. The maximum absolute atomic E-state index is 12.5. The van der Waals surface area contributed by atoms with Crippen LogP contribution in [-0.4, -0.2) is 18.9 Å². The Balaban J connectivity index is 1.76. The van der Waals surface area contributed by atoms with E-state index in [4.69, 9.17) is 4.74 Å². The van der Waals surface area contributed by atoms with Gasteiger partial charge in [-0.15, -0.1) is 0 Å². The summed E-state index contributed by atoms with van der Waals surface area (Å²) < 4.78 is 5.29. The molecular weight excluding hydrogens is 298 g/mol. The van der Waals surface area contributed by atoms with Gasteiger partial charge in [-0.2, -0.15) is 0 Å². The van der Waals surface area contributed by atoms with Crippen molar-refractivity contribution in [1.29, 1.82) is 0 Å². The number of carbonyl (C=O) groups is 1. The molecule has 2 saturated heterocycles. The van der Waals surface area contributed by atoms with Gasteiger partial charge in [0.25, 0.3) is 0 Å². The van der Waals surface area contributed by atoms with Crippen LogP contribution in [0.2, 0.25) is 0 Å². The summed E-state index contributed by atoms with van der Waals surface area (Å²) >= 11 is 0. The van der Waals surface area contributed by atoms with Crippen molar-refractivity contribution in [2.75, 3.05) is 12.0 Å². The van der Waals surface area contributed by atoms with E-state index < -0.39 is 0 Å². The predicted octanol–water partition coefficient (Wildman–Crippen LogP) is 4.30. The standard InChI is InChI=1S/C21H23NO2/c1-14-3-5-15(6-4-14)21-19-12-9-17(13-20(19)23)22(21)16-7-10-18(24-2)11-8-16/h3-8,10-11,17,19,21H,9,12-13H2,1-2H3/t17-,19+,21-/m0/s1. The fraction of sp³-hybridized carbons (Fsp3) is 0.381. The Morgan fingerprint density at radius 2 is 1.71 bits per heavy atom. The highest BCUT2D eigenvalue weighted by Crippen LogP contribution is 2.48. The van der Waals surface area contributed by atoms with Gasteiger partial charge in [0.2, 0.25) is 0 Å². The molecule has 0 radical (unpaired) electrons. The van der Waals surface area contributed by atoms with Crippen molar-refractivity contribution in [2.45, 2.75) is 38.3 Å². The van der Waals surface area contributed by atoms with Gasteiger partial charge in [-0.1, -0.05) is 29.8 Å². The molecule has 0 N–H and O–H groups in total. The van der Waals surface area contributed by atoms with Crippen molar-refractivity contribution in [3.05, 3.63) is 59.7 Å². The largest absolute Gasteiger partial charge is 0.497 e. The second kappa shape index (κ2) is 5.97. The number of nitrogens with zero attached hydrogens (tertiary/aromatic N) is 1. The molecule has 0 unspecified atom stereocenters. The Kier molecular flexibility index (Phi) is 3.79. The number of anilines is 1. The summed E-state index contributed by atoms with van der Waals surface area (Å²) in [6.45, 7) is 2.10. The van der Waals surface area contributed by atoms with E-state index in [1.54, 1.807) is 7.11 Å². The van der Waals surface area contributed by atoms with Gasteiger partial charge in [0, 0.05) is 24.1 Å². The lowest BCUT2D eigenvalue weighted by Gasteiger charge is -2.52. The maximum Gasteiger partial charge on any atom is 0.140 e. The molecule has 0 amide bonds. The Labute approximate surface area is 143 Å². The number of piperidine rings is 2. The van der Waals surface area contributed by atoms with Crippen LogP contribution in [0.15, 0.2) is 48.5 Å². The van der Waals surface area contributed by atoms with Crippen LogP contribution in [0.25, 0.3) is 0 Å². The van der Waals surface area contributed by atoms with Gasteiger partial charge >= 0.3 is 0 Å². The van der Waals surface area contributed by atoms with Crippen LogP contribution in [-0.2, 0) is 4.79 Å². The number of carbonyl (C=O) groups excluding carboxylic acids is 1. The SMILES string of the molecule is COc1ccc(N2[C@H]3CC[C@H](C(=O)C3)[C@@H]2c2ccc(C)cc2)cc1. The molecule has 1 aliphatic carbocycles. The summed E-state index contributed by atoms with van der Waals surface area (Å²) in [5.41, 5.74) is 3.68. The molecule has 3 aliphatic rings. The highest BCUT2D eigenvalue weighted by molar-refractivity contribution is 5.86. The van der Waals surface area contributed by atoms with Gasteiger partial charge in [0.15, 0.2) is 0 Å². The molecule has 3 fully saturated rings. The van der Waals surface area contributed by atoms with Crippen molar-refractivity contribution in [3.8, 4) is 5.75 Å². The highest BCUT2D eigenvalue weighted by atomic mass is 16.5. The number of rotatable bonds is 3. The number of ketones is 1. The number of aryl methyl sites for hydroxylation is 1. The van der Waals surface area contributed by atoms with Crippen LogP contribution in [0.5, 0.6) is 5.75 Å². The third-order valence-corrected chi connectivity index (χ3v) is 5.52. The quantitative estimate of drug-likeness (QED) is 0.844. The van der Waals surface area contributed by atoms with Crippen LogP contribution in [0, 0.1) is 12.8 Å². The van der Waals surface area contributed by atoms with Crippen molar-refractivity contribution in [1.82, 2.24) is 0 Å². The summed E-state index contributed by atoms with van der Waals surface area (Å²) in [6, 6.07) is 17.4. The average Bonchev–Trinajstić information content (AvgIpc) is 2.62. The lowest BCUT2D eigenvalue weighted by atomic mass is 9.71. The summed E-state index contributed by atoms with van der Waals surface area (Å²) in [5.74, 6) is 1.41. The first-order chi connectivity index (χ1) is 11.7. The molecule has 3 atom stereocenters. The Hall–Kier alpha value is -2.29. The normalized spacial score (nSPS) is 25.8. The number of benzene rings is 2. The Bertz CT molecular complexity index is 735. The number of Topliss-reactive ketones (excluding diaryl/α,β-unsaturated/α-hetero) is 1. The molecule has 24 heavy (non-hydrogen) atoms. The summed E-state index contributed by atoms with van der Waals surface area (Å²) in [7, 11) is 1.69. The van der Waals surface area contributed by atoms with Crippen LogP contribution in [0.4, 0.5) is 5.69 Å². The molecule has 3 nitrogen and oxygen atoms in total. The monoisotopic (exact) mass is 321 g/mol. The van der Waals surface area contributed by atoms with Gasteiger partial charge < -0.3 is 9.64 Å². The van der Waals surface area contributed by atoms with Gasteiger partial charge in [0.05, 0.1) is 13.2 Å². The molecule has 124 valence electrons. The second-order valence-electron chi connectivity index (χ2n) is 6.97. The zero-order valence-corrected chi connectivity index (χ0v) is 14.2. The van der Waals surface area contributed by atoms with Crippen molar-refractivity contribution < 1.29 is 9.53 Å². The van der Waals surface area contributed by atoms with E-state index in [-0.39, 0.29) is 12.0 Å². The van der Waals surface area contributed by atoms with Crippen LogP contribution >= 0.6 is 0 Å². The molecule has 2 aromatic rings. The lowest BCUT2D eigenvalue weighted by Crippen LogP contribution is -2.54. The first-order valence-electron chi connectivity index (χ1n) is 8.69. The molecule has 2 heterocycles. The molecule has 5 rings (SSSR count). The smallest absolute Gasteiger partial charge is 0.140 e. The van der Waals surface area contributed by atoms with Crippen LogP contribution in [0.3, 0.4) is 0 Å². The first kappa shape index (κ1) is 15.3. The van der Waals surface area contributed by atoms with Gasteiger partial charge in [-0.3, -0.25) is 4.79 Å². The summed E-state index contributed by atoms with van der Waals surface area (Å²) in [5, 5.41) is 0. The number of fused-ring (bicyclic) bond motifs is 3. The molecular formula is C21H23NO2. The Morgan fingerprint density at radius 3 is 2.33 bits per heavy atom. The number of methoxy groups -OCH3 is 1. The summed E-state index contributed by atoms with van der Waals surface area (Å²) in [6.07, 6.45) is 2.79. The number of hydrogen-bond donors (Lipinski definition) is 0. The van der Waals surface area contributed by atoms with Crippen LogP contribution < -0.4 is 9.64 Å². The Morgan fingerprint density at radius 1 is 1.00 bits per heavy atom. The fourth-order valence-corrected chi connectivity index (χ4v) is 4.29. The van der Waals surface area contributed by atoms with E-state index >= 15 is 0 Å². The minimum atomic E-state index is 0.111. The van der Waals surface area contributed by atoms with E-state index in [0.29, 0.717) is 18.2 Å². The number of ether oxygens (including phenoxy) is 1. The van der Waals surface area contributed by atoms with Gasteiger partial charge in [0.1, 0.15) is 11.5 Å². The maximum atomic E-state index is 12.5. The van der Waals surface area contributed by atoms with Crippen LogP contribution in [0.1, 0.15) is 36.4 Å². The van der Waals surface area contributed by atoms with E-state index in [0.717, 1.165) is 18.6 Å². The van der Waals surface area contributed by atoms with Crippen molar-refractivity contribution >= 4 is 11.5 Å². The minimum absolute atomic E-state index is 0.111. The molecule has 1 saturated carbocycles. The van der Waals surface area contributed by atoms with Gasteiger partial charge in [-0.25, -0.2) is 0 Å². The fourth-order valence-electron chi connectivity index (χ4n) is 4.29. The van der Waals surface area contributed by atoms with E-state index in [1.807, 2.05) is 12.1 Å². The molecule has 0 spiro atoms. The third-order valence-electron chi connectivity index (χ3n) is 5.52. The van der Waals surface area contributed by atoms with E-state index in [9.17, 15) is 4.79 Å². The average molecular weight is 321 g/mol. The minimum Gasteiger partial charge on any atom is -0.497 e. The molecule has 0 aromatic heterocycles. The van der Waals surface area contributed by atoms with Gasteiger partial charge in [-0.05, 0) is 49.6 Å².